The van der Waals surface area contributed by atoms with Crippen LogP contribution in [0.5, 0.6) is 0 Å². The first-order valence-electron chi connectivity index (χ1n) is 11.2. The molecule has 0 radical (unpaired) electrons. The average molecular weight is 427 g/mol. The molecule has 3 aliphatic rings. The molecule has 0 spiro atoms. The van der Waals surface area contributed by atoms with Crippen molar-refractivity contribution < 1.29 is 23.9 Å². The van der Waals surface area contributed by atoms with Crippen molar-refractivity contribution in [1.29, 1.82) is 0 Å². The van der Waals surface area contributed by atoms with E-state index in [0.717, 1.165) is 18.4 Å². The molecule has 2 aliphatic heterocycles. The standard InChI is InChI=1S/C24H30N2O5/c1-13-5-4-6-20(14(13)2)26-11-17(10-22(26)28)24(30)31-12-21(27)16-7-8-19-18(9-16)15(3)23(29)25-19/h7-9,13-15,17,20H,4-6,10-12H2,1-3H3,(H,25,29)/t13-,14+,15-,17+,20-/m0/s1. The molecule has 1 N–H and O–H groups in total. The van der Waals surface area contributed by atoms with Gasteiger partial charge in [-0.25, -0.2) is 0 Å². The fraction of sp³-hybridized carbons (Fsp3) is 0.583. The molecule has 1 aromatic carbocycles. The van der Waals surface area contributed by atoms with Crippen LogP contribution in [0.2, 0.25) is 0 Å². The second-order valence-corrected chi connectivity index (χ2v) is 9.33. The van der Waals surface area contributed by atoms with Crippen LogP contribution in [0.1, 0.15) is 68.3 Å². The van der Waals surface area contributed by atoms with Crippen LogP contribution in [0.25, 0.3) is 0 Å². The number of esters is 1. The molecule has 2 amide bonds. The van der Waals surface area contributed by atoms with Gasteiger partial charge in [-0.2, -0.15) is 0 Å². The number of ketones is 1. The van der Waals surface area contributed by atoms with Crippen LogP contribution in [-0.4, -0.2) is 47.7 Å². The Morgan fingerprint density at radius 2 is 1.94 bits per heavy atom. The van der Waals surface area contributed by atoms with Gasteiger partial charge < -0.3 is 15.0 Å². The van der Waals surface area contributed by atoms with Gasteiger partial charge in [0.1, 0.15) is 0 Å². The number of anilines is 1. The predicted octanol–water partition coefficient (Wildman–Crippen LogP) is 3.14. The van der Waals surface area contributed by atoms with Gasteiger partial charge in [-0.3, -0.25) is 19.2 Å². The Bertz CT molecular complexity index is 927. The van der Waals surface area contributed by atoms with Crippen molar-refractivity contribution in [2.75, 3.05) is 18.5 Å². The van der Waals surface area contributed by atoms with Crippen molar-refractivity contribution in [2.45, 2.75) is 58.4 Å². The van der Waals surface area contributed by atoms with E-state index in [1.54, 1.807) is 25.1 Å². The summed E-state index contributed by atoms with van der Waals surface area (Å²) in [5, 5.41) is 2.77. The quantitative estimate of drug-likeness (QED) is 0.577. The number of hydrogen-bond donors (Lipinski definition) is 1. The summed E-state index contributed by atoms with van der Waals surface area (Å²) >= 11 is 0. The minimum Gasteiger partial charge on any atom is -0.457 e. The minimum atomic E-state index is -0.522. The van der Waals surface area contributed by atoms with Crippen LogP contribution in [0.4, 0.5) is 5.69 Å². The lowest BCUT2D eigenvalue weighted by Crippen LogP contribution is -2.45. The van der Waals surface area contributed by atoms with Crippen molar-refractivity contribution in [3.63, 3.8) is 0 Å². The third-order valence-corrected chi connectivity index (χ3v) is 7.39. The normalized spacial score (nSPS) is 30.2. The summed E-state index contributed by atoms with van der Waals surface area (Å²) in [5.41, 5.74) is 1.89. The Morgan fingerprint density at radius 3 is 2.71 bits per heavy atom. The maximum absolute atomic E-state index is 12.6. The highest BCUT2D eigenvalue weighted by atomic mass is 16.5. The number of Topliss-reactive ketones (excluding diaryl/α,β-unsaturated/α-hetero) is 1. The Morgan fingerprint density at radius 1 is 1.16 bits per heavy atom. The maximum Gasteiger partial charge on any atom is 0.311 e. The Kier molecular flexibility index (Phi) is 5.86. The van der Waals surface area contributed by atoms with Crippen LogP contribution in [-0.2, 0) is 19.1 Å². The average Bonchev–Trinajstić information content (AvgIpc) is 3.27. The maximum atomic E-state index is 12.6. The number of likely N-dealkylation sites (tertiary alicyclic amines) is 1. The van der Waals surface area contributed by atoms with E-state index in [-0.39, 0.29) is 42.6 Å². The highest BCUT2D eigenvalue weighted by molar-refractivity contribution is 6.05. The molecule has 0 aromatic heterocycles. The van der Waals surface area contributed by atoms with Gasteiger partial charge in [-0.1, -0.05) is 26.7 Å². The van der Waals surface area contributed by atoms with Gasteiger partial charge in [0.05, 0.1) is 11.8 Å². The van der Waals surface area contributed by atoms with E-state index in [1.165, 1.54) is 6.42 Å². The molecule has 1 aliphatic carbocycles. The largest absolute Gasteiger partial charge is 0.457 e. The molecule has 0 bridgehead atoms. The number of rotatable bonds is 5. The lowest BCUT2D eigenvalue weighted by Gasteiger charge is -2.39. The number of ether oxygens (including phenoxy) is 1. The molecule has 5 atom stereocenters. The smallest absolute Gasteiger partial charge is 0.311 e. The molecule has 2 heterocycles. The Balaban J connectivity index is 1.34. The molecule has 7 nitrogen and oxygen atoms in total. The fourth-order valence-corrected chi connectivity index (χ4v) is 5.13. The van der Waals surface area contributed by atoms with E-state index < -0.39 is 11.9 Å². The summed E-state index contributed by atoms with van der Waals surface area (Å²) in [7, 11) is 0. The molecule has 1 saturated heterocycles. The van der Waals surface area contributed by atoms with Crippen LogP contribution < -0.4 is 5.32 Å². The topological polar surface area (TPSA) is 92.8 Å². The zero-order valence-electron chi connectivity index (χ0n) is 18.3. The molecular formula is C24H30N2O5. The molecular weight excluding hydrogens is 396 g/mol. The molecule has 7 heteroatoms. The third-order valence-electron chi connectivity index (χ3n) is 7.39. The summed E-state index contributed by atoms with van der Waals surface area (Å²) in [6.45, 7) is 6.20. The zero-order chi connectivity index (χ0) is 22.3. The Labute approximate surface area is 182 Å². The lowest BCUT2D eigenvalue weighted by molar-refractivity contribution is -0.147. The molecule has 0 unspecified atom stereocenters. The van der Waals surface area contributed by atoms with Gasteiger partial charge in [-0.15, -0.1) is 0 Å². The highest BCUT2D eigenvalue weighted by Gasteiger charge is 2.42. The second-order valence-electron chi connectivity index (χ2n) is 9.33. The summed E-state index contributed by atoms with van der Waals surface area (Å²) in [6, 6.07) is 5.19. The number of carbonyl (C=O) groups is 4. The first kappa shape index (κ1) is 21.5. The summed E-state index contributed by atoms with van der Waals surface area (Å²) in [5.74, 6) is -0.761. The SMILES string of the molecule is C[C@@H]1[C@@H](C)CCC[C@@H]1N1C[C@H](C(=O)OCC(=O)c2ccc3c(c2)[C@H](C)C(=O)N3)CC1=O. The highest BCUT2D eigenvalue weighted by Crippen LogP contribution is 2.36. The zero-order valence-corrected chi connectivity index (χ0v) is 18.3. The summed E-state index contributed by atoms with van der Waals surface area (Å²) in [6.07, 6.45) is 3.41. The van der Waals surface area contributed by atoms with E-state index in [2.05, 4.69) is 19.2 Å². The number of benzene rings is 1. The van der Waals surface area contributed by atoms with E-state index >= 15 is 0 Å². The van der Waals surface area contributed by atoms with Gasteiger partial charge in [0.15, 0.2) is 12.4 Å². The monoisotopic (exact) mass is 426 g/mol. The second kappa shape index (κ2) is 8.44. The first-order chi connectivity index (χ1) is 14.8. The summed E-state index contributed by atoms with van der Waals surface area (Å²) < 4.78 is 5.29. The molecule has 166 valence electrons. The first-order valence-corrected chi connectivity index (χ1v) is 11.2. The molecule has 2 fully saturated rings. The van der Waals surface area contributed by atoms with E-state index in [1.807, 2.05) is 4.90 Å². The van der Waals surface area contributed by atoms with E-state index in [9.17, 15) is 19.2 Å². The van der Waals surface area contributed by atoms with Crippen molar-refractivity contribution in [1.82, 2.24) is 4.90 Å². The Hall–Kier alpha value is -2.70. The van der Waals surface area contributed by atoms with Crippen molar-refractivity contribution in [3.8, 4) is 0 Å². The van der Waals surface area contributed by atoms with Crippen molar-refractivity contribution >= 4 is 29.3 Å². The third kappa shape index (κ3) is 4.10. The van der Waals surface area contributed by atoms with E-state index in [4.69, 9.17) is 4.74 Å². The van der Waals surface area contributed by atoms with E-state index in [0.29, 0.717) is 29.6 Å². The molecule has 4 rings (SSSR count). The van der Waals surface area contributed by atoms with Crippen LogP contribution in [0.3, 0.4) is 0 Å². The summed E-state index contributed by atoms with van der Waals surface area (Å²) in [4.78, 5) is 51.3. The van der Waals surface area contributed by atoms with Gasteiger partial charge in [0, 0.05) is 30.3 Å². The number of amides is 2. The number of nitrogens with one attached hydrogen (secondary N) is 1. The molecule has 1 aromatic rings. The van der Waals surface area contributed by atoms with Crippen LogP contribution in [0.15, 0.2) is 18.2 Å². The van der Waals surface area contributed by atoms with Gasteiger partial charge in [0.25, 0.3) is 0 Å². The van der Waals surface area contributed by atoms with Gasteiger partial charge >= 0.3 is 5.97 Å². The van der Waals surface area contributed by atoms with Crippen LogP contribution >= 0.6 is 0 Å². The fourth-order valence-electron chi connectivity index (χ4n) is 5.13. The predicted molar refractivity (Wildman–Crippen MR) is 115 cm³/mol. The lowest BCUT2D eigenvalue weighted by atomic mass is 9.77. The number of carbonyl (C=O) groups excluding carboxylic acids is 4. The van der Waals surface area contributed by atoms with Crippen molar-refractivity contribution in [3.05, 3.63) is 29.3 Å². The van der Waals surface area contributed by atoms with Gasteiger partial charge in [-0.05, 0) is 48.9 Å². The number of fused-ring (bicyclic) bond motifs is 1. The minimum absolute atomic E-state index is 0.00371. The van der Waals surface area contributed by atoms with Crippen LogP contribution in [0, 0.1) is 17.8 Å². The van der Waals surface area contributed by atoms with Crippen molar-refractivity contribution in [2.24, 2.45) is 17.8 Å². The number of nitrogens with zero attached hydrogens (tertiary/aromatic N) is 1. The number of hydrogen-bond acceptors (Lipinski definition) is 5. The van der Waals surface area contributed by atoms with Gasteiger partial charge in [0.2, 0.25) is 11.8 Å². The molecule has 31 heavy (non-hydrogen) atoms. The molecule has 1 saturated carbocycles.